The van der Waals surface area contributed by atoms with Crippen molar-refractivity contribution in [2.24, 2.45) is 5.16 Å². The molecule has 1 atom stereocenters. The molecule has 0 bridgehead atoms. The lowest BCUT2D eigenvalue weighted by Crippen LogP contribution is -2.56. The zero-order valence-electron chi connectivity index (χ0n) is 28.6. The molecule has 14 heteroatoms. The van der Waals surface area contributed by atoms with Gasteiger partial charge in [-0.25, -0.2) is 0 Å². The highest BCUT2D eigenvalue weighted by molar-refractivity contribution is 6.00. The van der Waals surface area contributed by atoms with E-state index in [-0.39, 0.29) is 12.6 Å². The molecule has 1 N–H and O–H groups in total. The number of carbonyl (C=O) groups excluding carboxylic acids is 1. The van der Waals surface area contributed by atoms with Gasteiger partial charge in [0.1, 0.15) is 6.61 Å². The maximum atomic E-state index is 13.9. The quantitative estimate of drug-likeness (QED) is 0.0729. The van der Waals surface area contributed by atoms with E-state index in [0.717, 1.165) is 67.0 Å². The Morgan fingerprint density at radius 2 is 1.52 bits per heavy atom. The van der Waals surface area contributed by atoms with E-state index in [2.05, 4.69) is 19.9 Å². The molecular weight excluding hydrogens is 688 g/mol. The van der Waals surface area contributed by atoms with Crippen molar-refractivity contribution in [2.75, 3.05) is 65.6 Å². The van der Waals surface area contributed by atoms with E-state index < -0.39 is 41.0 Å². The number of carbonyl (C=O) groups is 1. The maximum Gasteiger partial charge on any atom is 0.416 e. The Kier molecular flexibility index (Phi) is 11.9. The molecule has 2 aliphatic rings. The third-order valence-electron chi connectivity index (χ3n) is 9.55. The Morgan fingerprint density at radius 3 is 2.23 bits per heavy atom. The number of nitrogens with one attached hydrogen (secondary N) is 1. The summed E-state index contributed by atoms with van der Waals surface area (Å²) in [6, 6.07) is 17.8. The molecule has 8 nitrogen and oxygen atoms in total. The van der Waals surface area contributed by atoms with Gasteiger partial charge in [0.15, 0.2) is 0 Å². The molecule has 0 radical (unpaired) electrons. The standard InChI is InChI=1S/C38H41F6N5O3/c39-37(40,41)30-21-28(22-31(24-30)38(42,43)44)36(50)49-15-14-48(26-32(49)23-29-25-45-35-10-5-4-9-33(29)35)13-11-34(27-7-2-1-3-8-27)46-52-18-6-12-47-16-19-51-20-17-47/h1-5,7-10,21-22,24-25,32,45H,6,11-20,23,26H2/t32-/m1/s1. The Bertz CT molecular complexity index is 1790. The van der Waals surface area contributed by atoms with Crippen LogP contribution >= 0.6 is 0 Å². The van der Waals surface area contributed by atoms with Gasteiger partial charge < -0.3 is 19.5 Å². The van der Waals surface area contributed by atoms with Crippen LogP contribution in [0.1, 0.15) is 45.5 Å². The number of hydrogen-bond donors (Lipinski definition) is 1. The van der Waals surface area contributed by atoms with Gasteiger partial charge in [-0.2, -0.15) is 26.3 Å². The Morgan fingerprint density at radius 1 is 0.827 bits per heavy atom. The number of hydrogen-bond acceptors (Lipinski definition) is 6. The number of ether oxygens (including phenoxy) is 1. The van der Waals surface area contributed by atoms with Crippen LogP contribution in [0.2, 0.25) is 0 Å². The largest absolute Gasteiger partial charge is 0.416 e. The summed E-state index contributed by atoms with van der Waals surface area (Å²) >= 11 is 0. The van der Waals surface area contributed by atoms with Crippen LogP contribution in [0.4, 0.5) is 26.3 Å². The topological polar surface area (TPSA) is 73.4 Å². The number of morpholine rings is 1. The second kappa shape index (κ2) is 16.5. The number of alkyl halides is 6. The molecule has 6 rings (SSSR count). The van der Waals surface area contributed by atoms with E-state index in [1.165, 1.54) is 4.90 Å². The van der Waals surface area contributed by atoms with Gasteiger partial charge in [0, 0.05) is 80.9 Å². The first-order valence-corrected chi connectivity index (χ1v) is 17.4. The zero-order chi connectivity index (χ0) is 36.7. The van der Waals surface area contributed by atoms with Gasteiger partial charge in [0.25, 0.3) is 5.91 Å². The third kappa shape index (κ3) is 9.52. The van der Waals surface area contributed by atoms with Crippen molar-refractivity contribution in [3.63, 3.8) is 0 Å². The van der Waals surface area contributed by atoms with Gasteiger partial charge in [-0.3, -0.25) is 14.6 Å². The lowest BCUT2D eigenvalue weighted by atomic mass is 9.98. The number of nitrogens with zero attached hydrogens (tertiary/aromatic N) is 4. The van der Waals surface area contributed by atoms with Crippen LogP contribution in [0.3, 0.4) is 0 Å². The van der Waals surface area contributed by atoms with Crippen molar-refractivity contribution in [3.05, 3.63) is 107 Å². The number of benzene rings is 3. The molecule has 2 fully saturated rings. The van der Waals surface area contributed by atoms with Gasteiger partial charge in [0.2, 0.25) is 0 Å². The number of H-pyrrole nitrogens is 1. The third-order valence-corrected chi connectivity index (χ3v) is 9.55. The minimum Gasteiger partial charge on any atom is -0.396 e. The Hall–Kier alpha value is -4.40. The number of halogens is 6. The summed E-state index contributed by atoms with van der Waals surface area (Å²) in [7, 11) is 0. The van der Waals surface area contributed by atoms with Crippen LogP contribution in [0, 0.1) is 0 Å². The van der Waals surface area contributed by atoms with Gasteiger partial charge >= 0.3 is 12.4 Å². The molecule has 278 valence electrons. The fraction of sp³-hybridized carbons (Fsp3) is 0.421. The van der Waals surface area contributed by atoms with Gasteiger partial charge in [-0.15, -0.1) is 0 Å². The maximum absolute atomic E-state index is 13.9. The highest BCUT2D eigenvalue weighted by Crippen LogP contribution is 2.37. The average molecular weight is 730 g/mol. The lowest BCUT2D eigenvalue weighted by Gasteiger charge is -2.42. The van der Waals surface area contributed by atoms with E-state index in [0.29, 0.717) is 51.2 Å². The lowest BCUT2D eigenvalue weighted by molar-refractivity contribution is -0.143. The van der Waals surface area contributed by atoms with Gasteiger partial charge in [-0.05, 0) is 48.2 Å². The van der Waals surface area contributed by atoms with Crippen molar-refractivity contribution in [2.45, 2.75) is 37.7 Å². The minimum absolute atomic E-state index is 0.0396. The molecule has 0 aliphatic carbocycles. The second-order valence-electron chi connectivity index (χ2n) is 13.1. The average Bonchev–Trinajstić information content (AvgIpc) is 3.55. The predicted octanol–water partition coefficient (Wildman–Crippen LogP) is 7.11. The molecule has 3 aromatic carbocycles. The van der Waals surface area contributed by atoms with Crippen LogP contribution in [-0.4, -0.2) is 103 Å². The van der Waals surface area contributed by atoms with E-state index in [1.807, 2.05) is 60.8 Å². The summed E-state index contributed by atoms with van der Waals surface area (Å²) in [5, 5.41) is 5.43. The predicted molar refractivity (Wildman–Crippen MR) is 185 cm³/mol. The van der Waals surface area contributed by atoms with Crippen molar-refractivity contribution in [1.82, 2.24) is 19.7 Å². The molecule has 52 heavy (non-hydrogen) atoms. The molecule has 4 aromatic rings. The van der Waals surface area contributed by atoms with Crippen LogP contribution in [0.15, 0.2) is 84.1 Å². The minimum atomic E-state index is -5.07. The van der Waals surface area contributed by atoms with Crippen LogP contribution in [-0.2, 0) is 28.3 Å². The molecule has 1 aromatic heterocycles. The first kappa shape index (κ1) is 37.4. The molecule has 1 amide bonds. The molecule has 0 unspecified atom stereocenters. The monoisotopic (exact) mass is 729 g/mol. The van der Waals surface area contributed by atoms with E-state index in [4.69, 9.17) is 9.57 Å². The summed E-state index contributed by atoms with van der Waals surface area (Å²) in [5.41, 5.74) is -0.264. The normalized spacial score (nSPS) is 18.2. The zero-order valence-corrected chi connectivity index (χ0v) is 28.6. The fourth-order valence-corrected chi connectivity index (χ4v) is 6.80. The van der Waals surface area contributed by atoms with E-state index >= 15 is 0 Å². The summed E-state index contributed by atoms with van der Waals surface area (Å²) in [5.74, 6) is -0.877. The number of piperazine rings is 1. The fourth-order valence-electron chi connectivity index (χ4n) is 6.80. The number of para-hydroxylation sites is 1. The smallest absolute Gasteiger partial charge is 0.396 e. The highest BCUT2D eigenvalue weighted by Gasteiger charge is 2.39. The molecule has 2 saturated heterocycles. The highest BCUT2D eigenvalue weighted by atomic mass is 19.4. The van der Waals surface area contributed by atoms with Crippen LogP contribution in [0.5, 0.6) is 0 Å². The molecule has 0 saturated carbocycles. The number of aromatic nitrogens is 1. The summed E-state index contributed by atoms with van der Waals surface area (Å²) in [6.45, 7) is 5.95. The SMILES string of the molecule is O=C(c1cc(C(F)(F)F)cc(C(F)(F)F)c1)N1CCN(CCC(=NOCCCN2CCOCC2)c2ccccc2)C[C@H]1Cc1c[nH]c2ccccc12. The molecule has 3 heterocycles. The number of amides is 1. The van der Waals surface area contributed by atoms with E-state index in [9.17, 15) is 31.1 Å². The van der Waals surface area contributed by atoms with Crippen molar-refractivity contribution >= 4 is 22.5 Å². The van der Waals surface area contributed by atoms with Crippen molar-refractivity contribution < 1.29 is 40.7 Å². The Labute approximate surface area is 298 Å². The Balaban J connectivity index is 1.20. The number of fused-ring (bicyclic) bond motifs is 1. The van der Waals surface area contributed by atoms with Crippen molar-refractivity contribution in [3.8, 4) is 0 Å². The van der Waals surface area contributed by atoms with Crippen LogP contribution < -0.4 is 0 Å². The van der Waals surface area contributed by atoms with E-state index in [1.54, 1.807) is 0 Å². The second-order valence-corrected chi connectivity index (χ2v) is 13.1. The number of aromatic amines is 1. The summed E-state index contributed by atoms with van der Waals surface area (Å²) in [6.07, 6.45) is -6.64. The van der Waals surface area contributed by atoms with Crippen LogP contribution in [0.25, 0.3) is 10.9 Å². The number of oxime groups is 1. The molecular formula is C38H41F6N5O3. The first-order chi connectivity index (χ1) is 25.0. The number of rotatable bonds is 12. The summed E-state index contributed by atoms with van der Waals surface area (Å²) in [4.78, 5) is 28.8. The summed E-state index contributed by atoms with van der Waals surface area (Å²) < 4.78 is 87.7. The van der Waals surface area contributed by atoms with Gasteiger partial charge in [0.05, 0.1) is 30.1 Å². The molecule has 0 spiro atoms. The first-order valence-electron chi connectivity index (χ1n) is 17.4. The van der Waals surface area contributed by atoms with Crippen molar-refractivity contribution in [1.29, 1.82) is 0 Å². The molecule has 2 aliphatic heterocycles. The van der Waals surface area contributed by atoms with Gasteiger partial charge in [-0.1, -0.05) is 53.7 Å².